The quantitative estimate of drug-likeness (QED) is 0.873. The Hall–Kier alpha value is -0.940. The molecule has 0 saturated heterocycles. The van der Waals surface area contributed by atoms with Gasteiger partial charge in [0, 0.05) is 12.5 Å². The van der Waals surface area contributed by atoms with Crippen molar-refractivity contribution in [1.82, 2.24) is 10.1 Å². The minimum atomic E-state index is -0.156. The molecule has 0 aromatic carbocycles. The van der Waals surface area contributed by atoms with Gasteiger partial charge in [-0.05, 0) is 39.5 Å². The van der Waals surface area contributed by atoms with Crippen LogP contribution in [0.3, 0.4) is 0 Å². The van der Waals surface area contributed by atoms with Crippen LogP contribution in [0.15, 0.2) is 4.52 Å². The highest BCUT2D eigenvalue weighted by molar-refractivity contribution is 4.97. The molecule has 5 heteroatoms. The van der Waals surface area contributed by atoms with Gasteiger partial charge in [-0.25, -0.2) is 0 Å². The molecule has 1 aliphatic carbocycles. The average molecular weight is 240 g/mol. The summed E-state index contributed by atoms with van der Waals surface area (Å²) in [4.78, 5) is 4.39. The van der Waals surface area contributed by atoms with Gasteiger partial charge < -0.3 is 14.4 Å². The first kappa shape index (κ1) is 12.5. The molecular weight excluding hydrogens is 220 g/mol. The molecule has 5 nitrogen and oxygen atoms in total. The van der Waals surface area contributed by atoms with Crippen LogP contribution in [0.4, 0.5) is 0 Å². The summed E-state index contributed by atoms with van der Waals surface area (Å²) in [6.07, 6.45) is 3.22. The molecule has 0 radical (unpaired) electrons. The Morgan fingerprint density at radius 3 is 2.76 bits per heavy atom. The van der Waals surface area contributed by atoms with E-state index in [1.807, 2.05) is 13.8 Å². The lowest BCUT2D eigenvalue weighted by Crippen LogP contribution is -2.17. The Morgan fingerprint density at radius 2 is 2.12 bits per heavy atom. The number of aromatic nitrogens is 2. The molecule has 1 heterocycles. The zero-order chi connectivity index (χ0) is 12.3. The van der Waals surface area contributed by atoms with E-state index in [1.165, 1.54) is 0 Å². The molecule has 1 unspecified atom stereocenters. The number of ether oxygens (including phenoxy) is 1. The van der Waals surface area contributed by atoms with Crippen molar-refractivity contribution in [3.8, 4) is 0 Å². The highest BCUT2D eigenvalue weighted by Gasteiger charge is 2.26. The van der Waals surface area contributed by atoms with Gasteiger partial charge in [-0.2, -0.15) is 4.98 Å². The van der Waals surface area contributed by atoms with Crippen molar-refractivity contribution in [3.63, 3.8) is 0 Å². The molecule has 0 bridgehead atoms. The summed E-state index contributed by atoms with van der Waals surface area (Å²) in [5.74, 6) is 1.61. The highest BCUT2D eigenvalue weighted by atomic mass is 16.5. The second-order valence-corrected chi connectivity index (χ2v) is 4.59. The lowest BCUT2D eigenvalue weighted by Gasteiger charge is -2.22. The summed E-state index contributed by atoms with van der Waals surface area (Å²) >= 11 is 0. The van der Waals surface area contributed by atoms with E-state index in [0.717, 1.165) is 25.7 Å². The first-order valence-corrected chi connectivity index (χ1v) is 6.33. The van der Waals surface area contributed by atoms with Crippen molar-refractivity contribution >= 4 is 0 Å². The summed E-state index contributed by atoms with van der Waals surface area (Å²) < 4.78 is 10.7. The fourth-order valence-corrected chi connectivity index (χ4v) is 2.23. The second kappa shape index (κ2) is 5.60. The summed E-state index contributed by atoms with van der Waals surface area (Å²) in [5.41, 5.74) is 0. The normalized spacial score (nSPS) is 27.0. The van der Waals surface area contributed by atoms with E-state index >= 15 is 0 Å². The van der Waals surface area contributed by atoms with Crippen LogP contribution in [0.2, 0.25) is 0 Å². The number of nitrogens with zero attached hydrogens (tertiary/aromatic N) is 2. The van der Waals surface area contributed by atoms with Gasteiger partial charge in [-0.3, -0.25) is 0 Å². The van der Waals surface area contributed by atoms with E-state index in [1.54, 1.807) is 0 Å². The maximum atomic E-state index is 9.45. The van der Waals surface area contributed by atoms with Crippen molar-refractivity contribution in [2.75, 3.05) is 6.61 Å². The molecule has 2 rings (SSSR count). The van der Waals surface area contributed by atoms with Crippen LogP contribution >= 0.6 is 0 Å². The van der Waals surface area contributed by atoms with Gasteiger partial charge in [0.15, 0.2) is 5.82 Å². The highest BCUT2D eigenvalue weighted by Crippen LogP contribution is 2.32. The predicted octanol–water partition coefficient (Wildman–Crippen LogP) is 2.19. The average Bonchev–Trinajstić information content (AvgIpc) is 2.80. The molecule has 17 heavy (non-hydrogen) atoms. The molecule has 1 aromatic heterocycles. The molecule has 1 fully saturated rings. The van der Waals surface area contributed by atoms with Gasteiger partial charge in [-0.1, -0.05) is 5.16 Å². The summed E-state index contributed by atoms with van der Waals surface area (Å²) in [6.45, 7) is 4.50. The van der Waals surface area contributed by atoms with Gasteiger partial charge in [0.2, 0.25) is 5.89 Å². The number of hydrogen-bond acceptors (Lipinski definition) is 5. The van der Waals surface area contributed by atoms with Crippen LogP contribution in [0.5, 0.6) is 0 Å². The minimum absolute atomic E-state index is 0.119. The predicted molar refractivity (Wildman–Crippen MR) is 61.6 cm³/mol. The maximum Gasteiger partial charge on any atom is 0.229 e. The summed E-state index contributed by atoms with van der Waals surface area (Å²) in [6, 6.07) is 0. The molecule has 0 amide bonds. The van der Waals surface area contributed by atoms with E-state index in [9.17, 15) is 5.11 Å². The molecular formula is C12H20N2O3. The van der Waals surface area contributed by atoms with E-state index < -0.39 is 0 Å². The van der Waals surface area contributed by atoms with E-state index in [4.69, 9.17) is 9.26 Å². The fraction of sp³-hybridized carbons (Fsp3) is 0.833. The molecule has 1 aliphatic rings. The standard InChI is InChI=1S/C12H20N2O3/c1-3-16-8(2)11-13-12(17-14-11)9-4-6-10(15)7-5-9/h8-10,15H,3-7H2,1-2H3. The molecule has 1 atom stereocenters. The molecule has 0 spiro atoms. The van der Waals surface area contributed by atoms with Crippen LogP contribution < -0.4 is 0 Å². The smallest absolute Gasteiger partial charge is 0.229 e. The van der Waals surface area contributed by atoms with Crippen LogP contribution in [0.1, 0.15) is 63.3 Å². The first-order valence-electron chi connectivity index (χ1n) is 6.33. The van der Waals surface area contributed by atoms with Crippen LogP contribution in [-0.4, -0.2) is 28.0 Å². The van der Waals surface area contributed by atoms with Crippen molar-refractivity contribution < 1.29 is 14.4 Å². The van der Waals surface area contributed by atoms with E-state index in [0.29, 0.717) is 24.2 Å². The Kier molecular flexibility index (Phi) is 4.12. The number of rotatable bonds is 4. The van der Waals surface area contributed by atoms with Crippen molar-refractivity contribution in [2.45, 2.75) is 57.7 Å². The Bertz CT molecular complexity index is 345. The van der Waals surface area contributed by atoms with Gasteiger partial charge >= 0.3 is 0 Å². The van der Waals surface area contributed by atoms with Crippen LogP contribution in [0.25, 0.3) is 0 Å². The Morgan fingerprint density at radius 1 is 1.41 bits per heavy atom. The molecule has 1 aromatic rings. The fourth-order valence-electron chi connectivity index (χ4n) is 2.23. The molecule has 0 aliphatic heterocycles. The monoisotopic (exact) mass is 240 g/mol. The van der Waals surface area contributed by atoms with Gasteiger partial charge in [0.05, 0.1) is 6.10 Å². The zero-order valence-electron chi connectivity index (χ0n) is 10.4. The molecule has 1 N–H and O–H groups in total. The Labute approximate surface area is 101 Å². The number of hydrogen-bond donors (Lipinski definition) is 1. The Balaban J connectivity index is 1.98. The zero-order valence-corrected chi connectivity index (χ0v) is 10.4. The summed E-state index contributed by atoms with van der Waals surface area (Å²) in [5, 5.41) is 13.4. The maximum absolute atomic E-state index is 9.45. The third-order valence-corrected chi connectivity index (χ3v) is 3.28. The van der Waals surface area contributed by atoms with Gasteiger partial charge in [0.1, 0.15) is 6.10 Å². The van der Waals surface area contributed by atoms with Gasteiger partial charge in [0.25, 0.3) is 0 Å². The van der Waals surface area contributed by atoms with E-state index in [-0.39, 0.29) is 12.2 Å². The third-order valence-electron chi connectivity index (χ3n) is 3.28. The molecule has 96 valence electrons. The summed E-state index contributed by atoms with van der Waals surface area (Å²) in [7, 11) is 0. The SMILES string of the molecule is CCOC(C)c1noc(C2CCC(O)CC2)n1. The third kappa shape index (κ3) is 3.04. The van der Waals surface area contributed by atoms with Crippen molar-refractivity contribution in [1.29, 1.82) is 0 Å². The molecule has 1 saturated carbocycles. The first-order chi connectivity index (χ1) is 8.20. The minimum Gasteiger partial charge on any atom is -0.393 e. The van der Waals surface area contributed by atoms with Crippen molar-refractivity contribution in [2.24, 2.45) is 0 Å². The second-order valence-electron chi connectivity index (χ2n) is 4.59. The van der Waals surface area contributed by atoms with Crippen molar-refractivity contribution in [3.05, 3.63) is 11.7 Å². The number of aliphatic hydroxyl groups excluding tert-OH is 1. The lowest BCUT2D eigenvalue weighted by molar-refractivity contribution is 0.0683. The number of aliphatic hydroxyl groups is 1. The lowest BCUT2D eigenvalue weighted by atomic mass is 9.87. The van der Waals surface area contributed by atoms with Crippen LogP contribution in [-0.2, 0) is 4.74 Å². The van der Waals surface area contributed by atoms with E-state index in [2.05, 4.69) is 10.1 Å². The van der Waals surface area contributed by atoms with Gasteiger partial charge in [-0.15, -0.1) is 0 Å². The van der Waals surface area contributed by atoms with Crippen LogP contribution in [0, 0.1) is 0 Å². The topological polar surface area (TPSA) is 68.4 Å². The largest absolute Gasteiger partial charge is 0.393 e.